The van der Waals surface area contributed by atoms with Crippen LogP contribution in [-0.2, 0) is 0 Å². The van der Waals surface area contributed by atoms with Crippen LogP contribution < -0.4 is 5.73 Å². The molecule has 0 radical (unpaired) electrons. The number of nitrogens with two attached hydrogens (primary N) is 1. The highest BCUT2D eigenvalue weighted by Crippen LogP contribution is 2.13. The molecule has 0 unspecified atom stereocenters. The van der Waals surface area contributed by atoms with E-state index in [-0.39, 0.29) is 0 Å². The average Bonchev–Trinajstić information content (AvgIpc) is 2.57. The van der Waals surface area contributed by atoms with E-state index in [4.69, 9.17) is 5.73 Å². The molecule has 0 aromatic carbocycles. The van der Waals surface area contributed by atoms with Gasteiger partial charge in [-0.3, -0.25) is 0 Å². The largest absolute Gasteiger partial charge is 0.330 e. The summed E-state index contributed by atoms with van der Waals surface area (Å²) in [7, 11) is 0. The number of rotatable bonds is 19. The SMILES string of the molecule is CCCCCCCCCCCCCCCC/C=C/CCCCN. The highest BCUT2D eigenvalue weighted by atomic mass is 14.5. The third-order valence-corrected chi connectivity index (χ3v) is 4.72. The van der Waals surface area contributed by atoms with Crippen LogP contribution in [0.4, 0.5) is 0 Å². The number of hydrogen-bond donors (Lipinski definition) is 1. The van der Waals surface area contributed by atoms with Gasteiger partial charge in [0.05, 0.1) is 0 Å². The maximum Gasteiger partial charge on any atom is -0.00772 e. The lowest BCUT2D eigenvalue weighted by atomic mass is 10.0. The monoisotopic (exact) mass is 323 g/mol. The van der Waals surface area contributed by atoms with E-state index in [0.717, 1.165) is 6.54 Å². The van der Waals surface area contributed by atoms with Gasteiger partial charge in [0.2, 0.25) is 0 Å². The molecule has 1 nitrogen and oxygen atoms in total. The van der Waals surface area contributed by atoms with Crippen LogP contribution in [0.2, 0.25) is 0 Å². The third kappa shape index (κ3) is 21.7. The van der Waals surface area contributed by atoms with Crippen LogP contribution in [0.3, 0.4) is 0 Å². The zero-order valence-corrected chi connectivity index (χ0v) is 16.2. The predicted molar refractivity (Wildman–Crippen MR) is 107 cm³/mol. The second-order valence-electron chi connectivity index (χ2n) is 7.14. The van der Waals surface area contributed by atoms with E-state index < -0.39 is 0 Å². The van der Waals surface area contributed by atoms with E-state index in [2.05, 4.69) is 19.1 Å². The molecule has 0 aromatic heterocycles. The molecule has 138 valence electrons. The first-order valence-corrected chi connectivity index (χ1v) is 10.8. The lowest BCUT2D eigenvalue weighted by Crippen LogP contribution is -1.96. The van der Waals surface area contributed by atoms with Gasteiger partial charge in [0.1, 0.15) is 0 Å². The van der Waals surface area contributed by atoms with Gasteiger partial charge in [0.15, 0.2) is 0 Å². The Morgan fingerprint density at radius 3 is 1.22 bits per heavy atom. The maximum atomic E-state index is 5.48. The van der Waals surface area contributed by atoms with Gasteiger partial charge < -0.3 is 5.73 Å². The fourth-order valence-electron chi connectivity index (χ4n) is 3.10. The molecule has 0 aromatic rings. The molecular weight excluding hydrogens is 278 g/mol. The summed E-state index contributed by atoms with van der Waals surface area (Å²) in [6, 6.07) is 0. The molecule has 0 spiro atoms. The van der Waals surface area contributed by atoms with Crippen LogP contribution in [0.5, 0.6) is 0 Å². The molecule has 0 aliphatic heterocycles. The summed E-state index contributed by atoms with van der Waals surface area (Å²) < 4.78 is 0. The number of allylic oxidation sites excluding steroid dienone is 2. The lowest BCUT2D eigenvalue weighted by molar-refractivity contribution is 0.536. The first-order chi connectivity index (χ1) is 11.4. The molecule has 0 rings (SSSR count). The van der Waals surface area contributed by atoms with E-state index in [1.807, 2.05) is 0 Å². The second kappa shape index (κ2) is 21.7. The summed E-state index contributed by atoms with van der Waals surface area (Å²) in [5, 5.41) is 0. The Morgan fingerprint density at radius 2 is 0.826 bits per heavy atom. The van der Waals surface area contributed by atoms with E-state index in [0.29, 0.717) is 0 Å². The maximum absolute atomic E-state index is 5.48. The van der Waals surface area contributed by atoms with Gasteiger partial charge in [0.25, 0.3) is 0 Å². The molecule has 0 saturated carbocycles. The van der Waals surface area contributed by atoms with Gasteiger partial charge in [0, 0.05) is 0 Å². The molecular formula is C22H45N. The quantitative estimate of drug-likeness (QED) is 0.193. The smallest absolute Gasteiger partial charge is 0.00772 e. The minimum Gasteiger partial charge on any atom is -0.330 e. The van der Waals surface area contributed by atoms with Crippen LogP contribution in [0, 0.1) is 0 Å². The summed E-state index contributed by atoms with van der Waals surface area (Å²) >= 11 is 0. The topological polar surface area (TPSA) is 26.0 Å². The third-order valence-electron chi connectivity index (χ3n) is 4.72. The Labute approximate surface area is 147 Å². The second-order valence-corrected chi connectivity index (χ2v) is 7.14. The summed E-state index contributed by atoms with van der Waals surface area (Å²) in [6.07, 6.45) is 29.9. The molecule has 0 fully saturated rings. The lowest BCUT2D eigenvalue weighted by Gasteiger charge is -2.02. The Hall–Kier alpha value is -0.300. The summed E-state index contributed by atoms with van der Waals surface area (Å²) in [5.41, 5.74) is 5.48. The standard InChI is InChI=1S/C22H45N/c1-2-3-4-5-6-7-8-9-10-11-12-13-14-15-16-17-18-19-20-21-22-23/h17-18H,2-16,19-23H2,1H3/b18-17+. The molecule has 0 aliphatic rings. The summed E-state index contributed by atoms with van der Waals surface area (Å²) in [5.74, 6) is 0. The minimum absolute atomic E-state index is 0.840. The minimum atomic E-state index is 0.840. The Bertz CT molecular complexity index is 222. The Balaban J connectivity index is 3.00. The van der Waals surface area contributed by atoms with Crippen LogP contribution >= 0.6 is 0 Å². The van der Waals surface area contributed by atoms with Crippen molar-refractivity contribution in [2.45, 2.75) is 122 Å². The van der Waals surface area contributed by atoms with E-state index in [1.165, 1.54) is 116 Å². The summed E-state index contributed by atoms with van der Waals surface area (Å²) in [4.78, 5) is 0. The fourth-order valence-corrected chi connectivity index (χ4v) is 3.10. The number of hydrogen-bond acceptors (Lipinski definition) is 1. The van der Waals surface area contributed by atoms with Crippen molar-refractivity contribution < 1.29 is 0 Å². The Morgan fingerprint density at radius 1 is 0.478 bits per heavy atom. The van der Waals surface area contributed by atoms with Crippen molar-refractivity contribution >= 4 is 0 Å². The first kappa shape index (κ1) is 22.7. The van der Waals surface area contributed by atoms with Crippen LogP contribution in [0.25, 0.3) is 0 Å². The molecule has 23 heavy (non-hydrogen) atoms. The molecule has 0 heterocycles. The molecule has 1 heteroatoms. The molecule has 0 saturated heterocycles. The van der Waals surface area contributed by atoms with Crippen molar-refractivity contribution in [1.82, 2.24) is 0 Å². The van der Waals surface area contributed by atoms with E-state index in [1.54, 1.807) is 0 Å². The number of unbranched alkanes of at least 4 members (excludes halogenated alkanes) is 16. The van der Waals surface area contributed by atoms with Crippen LogP contribution in [0.15, 0.2) is 12.2 Å². The average molecular weight is 324 g/mol. The van der Waals surface area contributed by atoms with Crippen molar-refractivity contribution in [3.8, 4) is 0 Å². The zero-order valence-electron chi connectivity index (χ0n) is 16.2. The van der Waals surface area contributed by atoms with Crippen molar-refractivity contribution in [2.75, 3.05) is 6.54 Å². The molecule has 2 N–H and O–H groups in total. The highest BCUT2D eigenvalue weighted by molar-refractivity contribution is 4.81. The first-order valence-electron chi connectivity index (χ1n) is 10.8. The van der Waals surface area contributed by atoms with Crippen molar-refractivity contribution in [3.05, 3.63) is 12.2 Å². The molecule has 0 atom stereocenters. The van der Waals surface area contributed by atoms with Crippen LogP contribution in [0.1, 0.15) is 122 Å². The van der Waals surface area contributed by atoms with E-state index >= 15 is 0 Å². The molecule has 0 bridgehead atoms. The molecule has 0 aliphatic carbocycles. The fraction of sp³-hybridized carbons (Fsp3) is 0.909. The highest BCUT2D eigenvalue weighted by Gasteiger charge is 1.93. The van der Waals surface area contributed by atoms with E-state index in [9.17, 15) is 0 Å². The zero-order chi connectivity index (χ0) is 16.8. The van der Waals surface area contributed by atoms with Crippen molar-refractivity contribution in [3.63, 3.8) is 0 Å². The predicted octanol–water partition coefficient (Wildman–Crippen LogP) is 7.54. The van der Waals surface area contributed by atoms with Crippen LogP contribution in [-0.4, -0.2) is 6.54 Å². The van der Waals surface area contributed by atoms with Crippen molar-refractivity contribution in [2.24, 2.45) is 5.73 Å². The van der Waals surface area contributed by atoms with Crippen molar-refractivity contribution in [1.29, 1.82) is 0 Å². The Kier molecular flexibility index (Phi) is 21.4. The molecule has 0 amide bonds. The van der Waals surface area contributed by atoms with Gasteiger partial charge >= 0.3 is 0 Å². The summed E-state index contributed by atoms with van der Waals surface area (Å²) in [6.45, 7) is 3.13. The van der Waals surface area contributed by atoms with Gasteiger partial charge in [-0.25, -0.2) is 0 Å². The van der Waals surface area contributed by atoms with Gasteiger partial charge in [-0.15, -0.1) is 0 Å². The normalized spacial score (nSPS) is 11.6. The van der Waals surface area contributed by atoms with Gasteiger partial charge in [-0.05, 0) is 38.6 Å². The van der Waals surface area contributed by atoms with Gasteiger partial charge in [-0.2, -0.15) is 0 Å². The van der Waals surface area contributed by atoms with Gasteiger partial charge in [-0.1, -0.05) is 103 Å².